The van der Waals surface area contributed by atoms with Crippen molar-refractivity contribution < 1.29 is 22.5 Å². The van der Waals surface area contributed by atoms with E-state index in [1.807, 2.05) is 19.9 Å². The van der Waals surface area contributed by atoms with Crippen LogP contribution in [0.3, 0.4) is 0 Å². The second-order valence-corrected chi connectivity index (χ2v) is 10.2. The van der Waals surface area contributed by atoms with Crippen molar-refractivity contribution >= 4 is 27.3 Å². The van der Waals surface area contributed by atoms with Crippen molar-refractivity contribution in [2.45, 2.75) is 50.5 Å². The van der Waals surface area contributed by atoms with Crippen LogP contribution in [0.1, 0.15) is 48.0 Å². The molecule has 2 aliphatic rings. The SMILES string of the molecule is Cc1ccc(NS(=O)(=O)c2ccc3c(c2)N(Cc2noc(C4CCC4)n2)C(=O)CO3)cc1C. The molecule has 10 heteroatoms. The third-order valence-electron chi connectivity index (χ3n) is 6.18. The fourth-order valence-electron chi connectivity index (χ4n) is 3.84. The van der Waals surface area contributed by atoms with Gasteiger partial charge >= 0.3 is 0 Å². The molecule has 9 nitrogen and oxygen atoms in total. The van der Waals surface area contributed by atoms with Gasteiger partial charge in [0.2, 0.25) is 5.89 Å². The summed E-state index contributed by atoms with van der Waals surface area (Å²) in [4.78, 5) is 18.5. The maximum atomic E-state index is 13.1. The maximum absolute atomic E-state index is 13.1. The Hall–Kier alpha value is -3.40. The van der Waals surface area contributed by atoms with E-state index in [9.17, 15) is 13.2 Å². The van der Waals surface area contributed by atoms with E-state index in [1.54, 1.807) is 18.2 Å². The van der Waals surface area contributed by atoms with Gasteiger partial charge in [0.15, 0.2) is 12.4 Å². The van der Waals surface area contributed by atoms with Crippen LogP contribution >= 0.6 is 0 Å². The van der Waals surface area contributed by atoms with E-state index in [0.29, 0.717) is 28.8 Å². The van der Waals surface area contributed by atoms with Gasteiger partial charge in [-0.15, -0.1) is 0 Å². The third-order valence-corrected chi connectivity index (χ3v) is 7.56. The van der Waals surface area contributed by atoms with E-state index in [0.717, 1.165) is 30.4 Å². The highest BCUT2D eigenvalue weighted by molar-refractivity contribution is 7.92. The van der Waals surface area contributed by atoms with Crippen LogP contribution in [-0.4, -0.2) is 31.1 Å². The lowest BCUT2D eigenvalue weighted by atomic mass is 9.85. The summed E-state index contributed by atoms with van der Waals surface area (Å²) in [5, 5.41) is 4.01. The maximum Gasteiger partial charge on any atom is 0.265 e. The number of ether oxygens (including phenoxy) is 1. The highest BCUT2D eigenvalue weighted by Gasteiger charge is 2.30. The molecule has 2 heterocycles. The van der Waals surface area contributed by atoms with Crippen molar-refractivity contribution in [3.8, 4) is 5.75 Å². The summed E-state index contributed by atoms with van der Waals surface area (Å²) in [6.45, 7) is 3.80. The number of carbonyl (C=O) groups excluding carboxylic acids is 1. The minimum absolute atomic E-state index is 0.0195. The summed E-state index contributed by atoms with van der Waals surface area (Å²) in [5.74, 6) is 1.36. The number of hydrogen-bond donors (Lipinski definition) is 1. The van der Waals surface area contributed by atoms with Crippen LogP contribution in [0.25, 0.3) is 0 Å². The quantitative estimate of drug-likeness (QED) is 0.587. The molecule has 1 saturated carbocycles. The summed E-state index contributed by atoms with van der Waals surface area (Å²) < 4.78 is 39.6. The Kier molecular flexibility index (Phi) is 5.32. The van der Waals surface area contributed by atoms with Crippen LogP contribution in [0.2, 0.25) is 0 Å². The van der Waals surface area contributed by atoms with Crippen molar-refractivity contribution in [3.63, 3.8) is 0 Å². The molecular weight excluding hydrogens is 444 g/mol. The number of nitrogens with zero attached hydrogens (tertiary/aromatic N) is 3. The number of amides is 1. The fourth-order valence-corrected chi connectivity index (χ4v) is 4.90. The third kappa shape index (κ3) is 4.18. The lowest BCUT2D eigenvalue weighted by molar-refractivity contribution is -0.121. The Morgan fingerprint density at radius 2 is 1.94 bits per heavy atom. The molecule has 5 rings (SSSR count). The molecular formula is C23H24N4O5S. The number of anilines is 2. The molecule has 0 spiro atoms. The first-order valence-corrected chi connectivity index (χ1v) is 12.3. The number of aromatic nitrogens is 2. The van der Waals surface area contributed by atoms with Gasteiger partial charge in [-0.05, 0) is 68.1 Å². The lowest BCUT2D eigenvalue weighted by Crippen LogP contribution is -2.38. The van der Waals surface area contributed by atoms with Gasteiger partial charge < -0.3 is 9.26 Å². The summed E-state index contributed by atoms with van der Waals surface area (Å²) in [7, 11) is -3.89. The van der Waals surface area contributed by atoms with E-state index in [-0.39, 0.29) is 29.9 Å². The van der Waals surface area contributed by atoms with Gasteiger partial charge in [0.25, 0.3) is 15.9 Å². The number of nitrogens with one attached hydrogen (secondary N) is 1. The van der Waals surface area contributed by atoms with Crippen molar-refractivity contribution in [2.75, 3.05) is 16.2 Å². The van der Waals surface area contributed by atoms with Crippen molar-refractivity contribution in [2.24, 2.45) is 0 Å². The van der Waals surface area contributed by atoms with Gasteiger partial charge in [0.05, 0.1) is 17.1 Å². The smallest absolute Gasteiger partial charge is 0.265 e. The Balaban J connectivity index is 1.42. The van der Waals surface area contributed by atoms with Crippen LogP contribution in [0.15, 0.2) is 45.8 Å². The zero-order valence-corrected chi connectivity index (χ0v) is 19.2. The van der Waals surface area contributed by atoms with E-state index >= 15 is 0 Å². The zero-order chi connectivity index (χ0) is 23.2. The van der Waals surface area contributed by atoms with Crippen LogP contribution in [0.5, 0.6) is 5.75 Å². The van der Waals surface area contributed by atoms with Crippen molar-refractivity contribution in [3.05, 3.63) is 59.2 Å². The van der Waals surface area contributed by atoms with E-state index in [4.69, 9.17) is 9.26 Å². The fraction of sp³-hybridized carbons (Fsp3) is 0.348. The number of aryl methyl sites for hydroxylation is 2. The zero-order valence-electron chi connectivity index (χ0n) is 18.4. The summed E-state index contributed by atoms with van der Waals surface area (Å²) in [5.41, 5.74) is 2.87. The molecule has 1 aromatic heterocycles. The summed E-state index contributed by atoms with van der Waals surface area (Å²) in [6, 6.07) is 9.80. The lowest BCUT2D eigenvalue weighted by Gasteiger charge is -2.28. The first-order valence-electron chi connectivity index (χ1n) is 10.8. The van der Waals surface area contributed by atoms with Crippen LogP contribution in [-0.2, 0) is 21.4 Å². The van der Waals surface area contributed by atoms with Gasteiger partial charge in [-0.3, -0.25) is 14.4 Å². The van der Waals surface area contributed by atoms with E-state index in [1.165, 1.54) is 17.0 Å². The van der Waals surface area contributed by atoms with Gasteiger partial charge in [0.1, 0.15) is 5.75 Å². The van der Waals surface area contributed by atoms with E-state index < -0.39 is 10.0 Å². The Morgan fingerprint density at radius 1 is 1.12 bits per heavy atom. The van der Waals surface area contributed by atoms with Gasteiger partial charge in [-0.2, -0.15) is 4.98 Å². The molecule has 1 N–H and O–H groups in total. The van der Waals surface area contributed by atoms with Crippen LogP contribution in [0.4, 0.5) is 11.4 Å². The standard InChI is InChI=1S/C23H24N4O5S/c1-14-6-7-17(10-15(14)2)26-33(29,30)18-8-9-20-19(11-18)27(22(28)13-31-20)12-21-24-23(32-25-21)16-4-3-5-16/h6-11,16,26H,3-5,12-13H2,1-2H3. The van der Waals surface area contributed by atoms with Crippen LogP contribution < -0.4 is 14.4 Å². The number of benzene rings is 2. The topological polar surface area (TPSA) is 115 Å². The Labute approximate surface area is 191 Å². The highest BCUT2D eigenvalue weighted by atomic mass is 32.2. The number of sulfonamides is 1. The molecule has 172 valence electrons. The second kappa shape index (κ2) is 8.18. The Morgan fingerprint density at radius 3 is 2.67 bits per heavy atom. The molecule has 1 aliphatic carbocycles. The highest BCUT2D eigenvalue weighted by Crippen LogP contribution is 2.37. The monoisotopic (exact) mass is 468 g/mol. The molecule has 3 aromatic rings. The molecule has 2 aromatic carbocycles. The normalized spacial score (nSPS) is 16.2. The van der Waals surface area contributed by atoms with Crippen molar-refractivity contribution in [1.82, 2.24) is 10.1 Å². The van der Waals surface area contributed by atoms with Gasteiger partial charge in [-0.25, -0.2) is 8.42 Å². The summed E-state index contributed by atoms with van der Waals surface area (Å²) >= 11 is 0. The predicted octanol–water partition coefficient (Wildman–Crippen LogP) is 3.68. The predicted molar refractivity (Wildman–Crippen MR) is 121 cm³/mol. The number of hydrogen-bond acceptors (Lipinski definition) is 7. The van der Waals surface area contributed by atoms with E-state index in [2.05, 4.69) is 14.9 Å². The van der Waals surface area contributed by atoms with Gasteiger partial charge in [0, 0.05) is 11.6 Å². The van der Waals surface area contributed by atoms with Crippen molar-refractivity contribution in [1.29, 1.82) is 0 Å². The largest absolute Gasteiger partial charge is 0.482 e. The second-order valence-electron chi connectivity index (χ2n) is 8.48. The number of fused-ring (bicyclic) bond motifs is 1. The molecule has 0 bridgehead atoms. The molecule has 1 fully saturated rings. The first kappa shape index (κ1) is 21.4. The molecule has 33 heavy (non-hydrogen) atoms. The molecule has 0 unspecified atom stereocenters. The molecule has 1 amide bonds. The first-order chi connectivity index (χ1) is 15.8. The number of carbonyl (C=O) groups is 1. The average Bonchev–Trinajstić information content (AvgIpc) is 3.19. The average molecular weight is 469 g/mol. The Bertz CT molecular complexity index is 1330. The summed E-state index contributed by atoms with van der Waals surface area (Å²) in [6.07, 6.45) is 3.19. The number of rotatable bonds is 6. The van der Waals surface area contributed by atoms with Gasteiger partial charge in [-0.1, -0.05) is 17.6 Å². The molecule has 0 saturated heterocycles. The minimum atomic E-state index is -3.89. The molecule has 1 aliphatic heterocycles. The van der Waals surface area contributed by atoms with Crippen LogP contribution in [0, 0.1) is 13.8 Å². The minimum Gasteiger partial charge on any atom is -0.482 e. The molecule has 0 atom stereocenters. The molecule has 0 radical (unpaired) electrons.